The summed E-state index contributed by atoms with van der Waals surface area (Å²) in [6.45, 7) is 2.58. The Balaban J connectivity index is 1.60. The first-order valence-electron chi connectivity index (χ1n) is 10.5. The van der Waals surface area contributed by atoms with E-state index >= 15 is 0 Å². The van der Waals surface area contributed by atoms with Crippen molar-refractivity contribution in [3.05, 3.63) is 69.1 Å². The van der Waals surface area contributed by atoms with Crippen molar-refractivity contribution in [1.82, 2.24) is 9.47 Å². The lowest BCUT2D eigenvalue weighted by atomic mass is 9.93. The second kappa shape index (κ2) is 8.83. The van der Waals surface area contributed by atoms with Crippen molar-refractivity contribution in [3.63, 3.8) is 0 Å². The summed E-state index contributed by atoms with van der Waals surface area (Å²) in [7, 11) is 0. The van der Waals surface area contributed by atoms with Crippen molar-refractivity contribution >= 4 is 11.8 Å². The zero-order valence-corrected chi connectivity index (χ0v) is 17.0. The molecule has 4 rings (SSSR count). The molecule has 2 aliphatic heterocycles. The summed E-state index contributed by atoms with van der Waals surface area (Å²) >= 11 is 0. The summed E-state index contributed by atoms with van der Waals surface area (Å²) in [5.41, 5.74) is 7.94. The lowest BCUT2D eigenvalue weighted by Crippen LogP contribution is -2.43. The van der Waals surface area contributed by atoms with Gasteiger partial charge < -0.3 is 19.9 Å². The zero-order valence-electron chi connectivity index (χ0n) is 17.0. The summed E-state index contributed by atoms with van der Waals surface area (Å²) < 4.78 is 6.93. The summed E-state index contributed by atoms with van der Waals surface area (Å²) in [4.78, 5) is 39.8. The minimum Gasteiger partial charge on any atom is -0.381 e. The van der Waals surface area contributed by atoms with Gasteiger partial charge in [-0.2, -0.15) is 0 Å². The molecule has 0 saturated carbocycles. The molecule has 1 saturated heterocycles. The Kier molecular flexibility index (Phi) is 5.99. The van der Waals surface area contributed by atoms with Crippen LogP contribution in [-0.4, -0.2) is 41.0 Å². The van der Waals surface area contributed by atoms with E-state index in [1.807, 2.05) is 35.2 Å². The highest BCUT2D eigenvalue weighted by molar-refractivity contribution is 5.94. The van der Waals surface area contributed by atoms with Gasteiger partial charge >= 0.3 is 0 Å². The van der Waals surface area contributed by atoms with Crippen LogP contribution in [0.3, 0.4) is 0 Å². The molecule has 1 fully saturated rings. The molecule has 0 bridgehead atoms. The molecule has 0 spiro atoms. The van der Waals surface area contributed by atoms with Gasteiger partial charge in [0.1, 0.15) is 5.56 Å². The van der Waals surface area contributed by atoms with E-state index < -0.39 is 5.91 Å². The number of nitrogens with zero attached hydrogens (tertiary/aromatic N) is 2. The average Bonchev–Trinajstić information content (AvgIpc) is 2.78. The minimum absolute atomic E-state index is 0.0140. The van der Waals surface area contributed by atoms with E-state index in [0.29, 0.717) is 51.3 Å². The average molecular weight is 409 g/mol. The number of rotatable bonds is 5. The topological polar surface area (TPSA) is 94.6 Å². The summed E-state index contributed by atoms with van der Waals surface area (Å²) in [6, 6.07) is 9.88. The van der Waals surface area contributed by atoms with Crippen LogP contribution in [-0.2, 0) is 35.5 Å². The highest BCUT2D eigenvalue weighted by Gasteiger charge is 2.31. The number of fused-ring (bicyclic) bond motifs is 1. The number of ether oxygens (including phenoxy) is 1. The molecule has 2 aromatic rings. The normalized spacial score (nSPS) is 16.9. The first kappa shape index (κ1) is 20.3. The molecule has 1 aromatic carbocycles. The molecule has 2 amide bonds. The molecule has 7 heteroatoms. The fraction of sp³-hybridized carbons (Fsp3) is 0.435. The third kappa shape index (κ3) is 4.16. The van der Waals surface area contributed by atoms with E-state index in [1.165, 1.54) is 0 Å². The molecule has 0 unspecified atom stereocenters. The number of hydrogen-bond donors (Lipinski definition) is 1. The number of nitrogens with two attached hydrogens (primary N) is 1. The van der Waals surface area contributed by atoms with Gasteiger partial charge in [-0.05, 0) is 42.4 Å². The van der Waals surface area contributed by atoms with Crippen molar-refractivity contribution in [2.45, 2.75) is 38.8 Å². The van der Waals surface area contributed by atoms with Gasteiger partial charge in [-0.3, -0.25) is 14.4 Å². The van der Waals surface area contributed by atoms with Crippen LogP contribution >= 0.6 is 0 Å². The Morgan fingerprint density at radius 2 is 1.87 bits per heavy atom. The summed E-state index contributed by atoms with van der Waals surface area (Å²) in [5.74, 6) is -0.582. The van der Waals surface area contributed by atoms with Crippen molar-refractivity contribution in [1.29, 1.82) is 0 Å². The smallest absolute Gasteiger partial charge is 0.263 e. The van der Waals surface area contributed by atoms with E-state index in [0.717, 1.165) is 24.0 Å². The molecule has 7 nitrogen and oxygen atoms in total. The summed E-state index contributed by atoms with van der Waals surface area (Å²) in [5, 5.41) is 0. The molecule has 3 heterocycles. The summed E-state index contributed by atoms with van der Waals surface area (Å²) in [6.07, 6.45) is 4.42. The van der Waals surface area contributed by atoms with Gasteiger partial charge in [-0.25, -0.2) is 0 Å². The van der Waals surface area contributed by atoms with E-state index in [4.69, 9.17) is 10.5 Å². The SMILES string of the molecule is NC(=O)c1c2c(cn(CCc3ccccc3)c1=O)CN(C(=O)C1CCOCC1)CC2. The van der Waals surface area contributed by atoms with E-state index in [2.05, 4.69) is 0 Å². The molecule has 1 aromatic heterocycles. The monoisotopic (exact) mass is 409 g/mol. The van der Waals surface area contributed by atoms with Crippen LogP contribution in [0.25, 0.3) is 0 Å². The first-order valence-corrected chi connectivity index (χ1v) is 10.5. The van der Waals surface area contributed by atoms with Crippen molar-refractivity contribution in [3.8, 4) is 0 Å². The van der Waals surface area contributed by atoms with Gasteiger partial charge in [-0.15, -0.1) is 0 Å². The Hall–Kier alpha value is -2.93. The largest absolute Gasteiger partial charge is 0.381 e. The van der Waals surface area contributed by atoms with Crippen LogP contribution in [0.1, 0.15) is 39.9 Å². The second-order valence-corrected chi connectivity index (χ2v) is 8.00. The number of primary amides is 1. The number of pyridine rings is 1. The van der Waals surface area contributed by atoms with Gasteiger partial charge in [0.25, 0.3) is 11.5 Å². The molecule has 158 valence electrons. The van der Waals surface area contributed by atoms with Gasteiger partial charge in [0.2, 0.25) is 5.91 Å². The molecule has 0 radical (unpaired) electrons. The van der Waals surface area contributed by atoms with Crippen molar-refractivity contribution in [2.75, 3.05) is 19.8 Å². The van der Waals surface area contributed by atoms with E-state index in [9.17, 15) is 14.4 Å². The number of amides is 2. The lowest BCUT2D eigenvalue weighted by Gasteiger charge is -2.34. The molecular weight excluding hydrogens is 382 g/mol. The maximum absolute atomic E-state index is 13.0. The minimum atomic E-state index is -0.700. The van der Waals surface area contributed by atoms with Crippen LogP contribution in [0.4, 0.5) is 0 Å². The zero-order chi connectivity index (χ0) is 21.1. The maximum atomic E-state index is 13.0. The van der Waals surface area contributed by atoms with Crippen molar-refractivity contribution in [2.24, 2.45) is 11.7 Å². The maximum Gasteiger partial charge on any atom is 0.263 e. The van der Waals surface area contributed by atoms with Gasteiger partial charge in [-0.1, -0.05) is 30.3 Å². The quantitative estimate of drug-likeness (QED) is 0.810. The van der Waals surface area contributed by atoms with Gasteiger partial charge in [0.15, 0.2) is 0 Å². The first-order chi connectivity index (χ1) is 14.5. The number of carbonyl (C=O) groups is 2. The number of carbonyl (C=O) groups excluding carboxylic acids is 2. The molecule has 30 heavy (non-hydrogen) atoms. The highest BCUT2D eigenvalue weighted by atomic mass is 16.5. The van der Waals surface area contributed by atoms with Gasteiger partial charge in [0.05, 0.1) is 0 Å². The Morgan fingerprint density at radius 1 is 1.13 bits per heavy atom. The number of aryl methyl sites for hydroxylation is 2. The molecule has 0 aliphatic carbocycles. The Morgan fingerprint density at radius 3 is 2.57 bits per heavy atom. The standard InChI is InChI=1S/C23H27N3O4/c24-21(27)20-19-7-11-25(22(28)17-8-12-30-13-9-17)14-18(19)15-26(23(20)29)10-6-16-4-2-1-3-5-16/h1-5,15,17H,6-14H2,(H2,24,27). The molecule has 0 atom stereocenters. The third-order valence-corrected chi connectivity index (χ3v) is 6.08. The predicted octanol–water partition coefficient (Wildman–Crippen LogP) is 1.50. The highest BCUT2D eigenvalue weighted by Crippen LogP contribution is 2.25. The van der Waals surface area contributed by atoms with Crippen molar-refractivity contribution < 1.29 is 14.3 Å². The fourth-order valence-corrected chi connectivity index (χ4v) is 4.42. The number of hydrogen-bond acceptors (Lipinski definition) is 4. The van der Waals surface area contributed by atoms with Gasteiger partial charge in [0, 0.05) is 45.0 Å². The fourth-order valence-electron chi connectivity index (χ4n) is 4.42. The van der Waals surface area contributed by atoms with Crippen LogP contribution in [0.5, 0.6) is 0 Å². The number of benzene rings is 1. The molecular formula is C23H27N3O4. The number of aromatic nitrogens is 1. The Labute approximate surface area is 175 Å². The Bertz CT molecular complexity index is 993. The third-order valence-electron chi connectivity index (χ3n) is 6.08. The van der Waals surface area contributed by atoms with E-state index in [1.54, 1.807) is 10.8 Å². The van der Waals surface area contributed by atoms with E-state index in [-0.39, 0.29) is 22.9 Å². The van der Waals surface area contributed by atoms with Crippen LogP contribution in [0.2, 0.25) is 0 Å². The lowest BCUT2D eigenvalue weighted by molar-refractivity contribution is -0.139. The van der Waals surface area contributed by atoms with Crippen LogP contribution < -0.4 is 11.3 Å². The predicted molar refractivity (Wildman–Crippen MR) is 112 cm³/mol. The molecule has 2 aliphatic rings. The van der Waals surface area contributed by atoms with Crippen LogP contribution in [0, 0.1) is 5.92 Å². The van der Waals surface area contributed by atoms with Crippen LogP contribution in [0.15, 0.2) is 41.3 Å². The second-order valence-electron chi connectivity index (χ2n) is 8.00. The molecule has 2 N–H and O–H groups in total.